The molecule has 3 aromatic rings. The Morgan fingerprint density at radius 3 is 2.47 bits per heavy atom. The van der Waals surface area contributed by atoms with Crippen molar-refractivity contribution in [1.29, 1.82) is 0 Å². The number of unbranched alkanes of at least 4 members (excludes halogenated alkanes) is 2. The largest absolute Gasteiger partial charge is 0.507 e. The third-order valence-corrected chi connectivity index (χ3v) is 7.55. The van der Waals surface area contributed by atoms with Crippen LogP contribution in [-0.2, 0) is 0 Å². The molecule has 0 aromatic heterocycles. The lowest BCUT2D eigenvalue weighted by Gasteiger charge is -2.20. The molecule has 3 aromatic carbocycles. The van der Waals surface area contributed by atoms with Gasteiger partial charge in [0.15, 0.2) is 28.8 Å². The minimum atomic E-state index is -0.286. The Labute approximate surface area is 251 Å². The summed E-state index contributed by atoms with van der Waals surface area (Å²) in [6.07, 6.45) is 9.41. The van der Waals surface area contributed by atoms with Gasteiger partial charge in [-0.05, 0) is 74.1 Å². The highest BCUT2D eigenvalue weighted by Crippen LogP contribution is 2.38. The number of ether oxygens (including phenoxy) is 4. The Hall–Kier alpha value is -4.79. The minimum absolute atomic E-state index is 0.0121. The standard InChI is InChI=1S/C34H36N2O7/c1-40-31-19-23(12-14-29(38)25-10-4-5-11-28(25)37)13-15-30(31)42-17-6-3-7-18-43-33-21-27-26(20-32(33)41-2)34(39)36-16-8-9-24(36)22-35-27/h4-5,10-15,19-22,24,37H,3,6-9,16-18H2,1-2H3/b14-12+/t24-/m0/s1. The third kappa shape index (κ3) is 6.99. The predicted molar refractivity (Wildman–Crippen MR) is 165 cm³/mol. The fraction of sp³-hybridized carbons (Fsp3) is 0.324. The Morgan fingerprint density at radius 1 is 0.953 bits per heavy atom. The number of nitrogens with zero attached hydrogens (tertiary/aromatic N) is 2. The van der Waals surface area contributed by atoms with Gasteiger partial charge in [-0.1, -0.05) is 24.3 Å². The molecule has 1 atom stereocenters. The lowest BCUT2D eigenvalue weighted by Crippen LogP contribution is -2.35. The number of aliphatic imine (C=N–C) groups is 1. The van der Waals surface area contributed by atoms with E-state index in [0.717, 1.165) is 44.2 Å². The second-order valence-electron chi connectivity index (χ2n) is 10.4. The van der Waals surface area contributed by atoms with E-state index in [9.17, 15) is 14.7 Å². The van der Waals surface area contributed by atoms with E-state index in [0.29, 0.717) is 47.5 Å². The molecule has 0 radical (unpaired) electrons. The first-order chi connectivity index (χ1) is 21.0. The van der Waals surface area contributed by atoms with Crippen LogP contribution in [0.15, 0.2) is 65.7 Å². The van der Waals surface area contributed by atoms with Crippen molar-refractivity contribution in [2.75, 3.05) is 34.0 Å². The maximum absolute atomic E-state index is 13.0. The van der Waals surface area contributed by atoms with Gasteiger partial charge in [-0.2, -0.15) is 0 Å². The van der Waals surface area contributed by atoms with Gasteiger partial charge in [0, 0.05) is 18.8 Å². The molecule has 0 unspecified atom stereocenters. The van der Waals surface area contributed by atoms with Gasteiger partial charge in [0.25, 0.3) is 5.91 Å². The van der Waals surface area contributed by atoms with Crippen molar-refractivity contribution >= 4 is 29.7 Å². The van der Waals surface area contributed by atoms with Gasteiger partial charge in [0.05, 0.1) is 50.3 Å². The van der Waals surface area contributed by atoms with Gasteiger partial charge < -0.3 is 29.0 Å². The van der Waals surface area contributed by atoms with E-state index in [4.69, 9.17) is 18.9 Å². The molecular formula is C34H36N2O7. The van der Waals surface area contributed by atoms with Crippen LogP contribution in [-0.4, -0.2) is 67.9 Å². The molecule has 1 amide bonds. The molecule has 0 spiro atoms. The van der Waals surface area contributed by atoms with E-state index in [1.807, 2.05) is 23.2 Å². The molecule has 0 bridgehead atoms. The molecule has 1 N–H and O–H groups in total. The number of hydrogen-bond donors (Lipinski definition) is 1. The van der Waals surface area contributed by atoms with Crippen LogP contribution in [0, 0.1) is 0 Å². The number of amides is 1. The van der Waals surface area contributed by atoms with Crippen LogP contribution in [0.1, 0.15) is 58.4 Å². The van der Waals surface area contributed by atoms with Crippen LogP contribution >= 0.6 is 0 Å². The predicted octanol–water partition coefficient (Wildman–Crippen LogP) is 6.25. The summed E-state index contributed by atoms with van der Waals surface area (Å²) in [6.45, 7) is 1.75. The molecular weight excluding hydrogens is 548 g/mol. The molecule has 1 fully saturated rings. The fourth-order valence-electron chi connectivity index (χ4n) is 5.22. The number of methoxy groups -OCH3 is 2. The topological polar surface area (TPSA) is 107 Å². The van der Waals surface area contributed by atoms with E-state index in [1.165, 1.54) is 12.1 Å². The molecule has 9 nitrogen and oxygen atoms in total. The van der Waals surface area contributed by atoms with Crippen LogP contribution < -0.4 is 18.9 Å². The van der Waals surface area contributed by atoms with Crippen molar-refractivity contribution in [2.24, 2.45) is 4.99 Å². The number of phenolic OH excluding ortho intramolecular Hbond substituents is 1. The molecule has 43 heavy (non-hydrogen) atoms. The molecule has 2 aliphatic rings. The van der Waals surface area contributed by atoms with E-state index in [-0.39, 0.29) is 29.0 Å². The monoisotopic (exact) mass is 584 g/mol. The summed E-state index contributed by atoms with van der Waals surface area (Å²) in [4.78, 5) is 31.9. The first kappa shape index (κ1) is 29.7. The summed E-state index contributed by atoms with van der Waals surface area (Å²) in [5.41, 5.74) is 2.18. The second kappa shape index (κ2) is 13.9. The van der Waals surface area contributed by atoms with Crippen molar-refractivity contribution in [3.8, 4) is 28.7 Å². The molecule has 9 heteroatoms. The zero-order valence-corrected chi connectivity index (χ0v) is 24.5. The molecule has 2 aliphatic heterocycles. The number of carbonyl (C=O) groups excluding carboxylic acids is 2. The first-order valence-electron chi connectivity index (χ1n) is 14.5. The lowest BCUT2D eigenvalue weighted by atomic mass is 10.1. The third-order valence-electron chi connectivity index (χ3n) is 7.55. The number of para-hydroxylation sites is 1. The molecule has 224 valence electrons. The summed E-state index contributed by atoms with van der Waals surface area (Å²) in [5.74, 6) is 1.94. The highest BCUT2D eigenvalue weighted by atomic mass is 16.5. The first-order valence-corrected chi connectivity index (χ1v) is 14.5. The van der Waals surface area contributed by atoms with E-state index in [1.54, 1.807) is 56.7 Å². The summed E-state index contributed by atoms with van der Waals surface area (Å²) in [7, 11) is 3.14. The Morgan fingerprint density at radius 2 is 1.70 bits per heavy atom. The number of allylic oxidation sites excluding steroid dienone is 1. The van der Waals surface area contributed by atoms with Crippen LogP contribution in [0.5, 0.6) is 28.7 Å². The minimum Gasteiger partial charge on any atom is -0.507 e. The summed E-state index contributed by atoms with van der Waals surface area (Å²) in [5, 5.41) is 9.88. The van der Waals surface area contributed by atoms with E-state index >= 15 is 0 Å². The SMILES string of the molecule is COc1cc(/C=C/C(=O)c2ccccc2O)ccc1OCCCCCOc1cc2c(cc1OC)C(=O)N1CCC[C@H]1C=N2. The maximum atomic E-state index is 13.0. The highest BCUT2D eigenvalue weighted by Gasteiger charge is 2.32. The number of hydrogen-bond acceptors (Lipinski definition) is 8. The number of fused-ring (bicyclic) bond motifs is 2. The van der Waals surface area contributed by atoms with E-state index in [2.05, 4.69) is 4.99 Å². The van der Waals surface area contributed by atoms with Gasteiger partial charge in [-0.15, -0.1) is 0 Å². The number of rotatable bonds is 13. The number of carbonyl (C=O) groups is 2. The Kier molecular flexibility index (Phi) is 9.61. The molecule has 2 heterocycles. The maximum Gasteiger partial charge on any atom is 0.256 e. The van der Waals surface area contributed by atoms with Gasteiger partial charge in [-0.25, -0.2) is 0 Å². The Bertz CT molecular complexity index is 1530. The van der Waals surface area contributed by atoms with Crippen molar-refractivity contribution < 1.29 is 33.6 Å². The molecule has 0 aliphatic carbocycles. The van der Waals surface area contributed by atoms with Gasteiger partial charge >= 0.3 is 0 Å². The smallest absolute Gasteiger partial charge is 0.256 e. The van der Waals surface area contributed by atoms with Crippen LogP contribution in [0.3, 0.4) is 0 Å². The van der Waals surface area contributed by atoms with Crippen LogP contribution in [0.2, 0.25) is 0 Å². The molecule has 1 saturated heterocycles. The number of benzene rings is 3. The highest BCUT2D eigenvalue weighted by molar-refractivity contribution is 6.08. The quantitative estimate of drug-likeness (QED) is 0.144. The van der Waals surface area contributed by atoms with Crippen LogP contribution in [0.25, 0.3) is 6.08 Å². The normalized spacial score (nSPS) is 15.6. The van der Waals surface area contributed by atoms with Crippen LogP contribution in [0.4, 0.5) is 5.69 Å². The second-order valence-corrected chi connectivity index (χ2v) is 10.4. The van der Waals surface area contributed by atoms with Gasteiger partial charge in [-0.3, -0.25) is 14.6 Å². The number of aromatic hydroxyl groups is 1. The lowest BCUT2D eigenvalue weighted by molar-refractivity contribution is 0.0774. The molecule has 5 rings (SSSR count). The average Bonchev–Trinajstić information content (AvgIpc) is 3.46. The van der Waals surface area contributed by atoms with Crippen molar-refractivity contribution in [2.45, 2.75) is 38.1 Å². The van der Waals surface area contributed by atoms with E-state index < -0.39 is 0 Å². The van der Waals surface area contributed by atoms with Crippen molar-refractivity contribution in [3.05, 3.63) is 77.4 Å². The summed E-state index contributed by atoms with van der Waals surface area (Å²) in [6, 6.07) is 15.5. The Balaban J connectivity index is 1.08. The summed E-state index contributed by atoms with van der Waals surface area (Å²) >= 11 is 0. The zero-order chi connectivity index (χ0) is 30.2. The van der Waals surface area contributed by atoms with Crippen molar-refractivity contribution in [3.63, 3.8) is 0 Å². The van der Waals surface area contributed by atoms with Gasteiger partial charge in [0.2, 0.25) is 0 Å². The molecule has 0 saturated carbocycles. The zero-order valence-electron chi connectivity index (χ0n) is 24.5. The van der Waals surface area contributed by atoms with Crippen molar-refractivity contribution in [1.82, 2.24) is 4.90 Å². The number of ketones is 1. The van der Waals surface area contributed by atoms with Gasteiger partial charge in [0.1, 0.15) is 5.75 Å². The number of phenols is 1. The average molecular weight is 585 g/mol. The summed E-state index contributed by atoms with van der Waals surface area (Å²) < 4.78 is 23.0. The fourth-order valence-corrected chi connectivity index (χ4v) is 5.22.